The highest BCUT2D eigenvalue weighted by Crippen LogP contribution is 2.50. The smallest absolute Gasteiger partial charge is 0.160 e. The Morgan fingerprint density at radius 2 is 0.670 bits per heavy atom. The Morgan fingerprint density at radius 3 is 1.18 bits per heavy atom. The van der Waals surface area contributed by atoms with Crippen LogP contribution in [0, 0.1) is 0 Å². The molecule has 0 saturated carbocycles. The Balaban J connectivity index is 0.000000141. The van der Waals surface area contributed by atoms with Gasteiger partial charge in [0.2, 0.25) is 0 Å². The van der Waals surface area contributed by atoms with Gasteiger partial charge in [0.15, 0.2) is 17.5 Å². The van der Waals surface area contributed by atoms with Crippen molar-refractivity contribution < 1.29 is 0 Å². The van der Waals surface area contributed by atoms with Gasteiger partial charge in [0.05, 0.1) is 55.5 Å². The van der Waals surface area contributed by atoms with Gasteiger partial charge in [-0.3, -0.25) is 0 Å². The lowest BCUT2D eigenvalue weighted by molar-refractivity contribution is 0.660. The molecule has 21 aromatic rings. The Labute approximate surface area is 628 Å². The summed E-state index contributed by atoms with van der Waals surface area (Å²) in [6.07, 6.45) is 7.87. The van der Waals surface area contributed by atoms with E-state index in [4.69, 9.17) is 19.9 Å². The quantitative estimate of drug-likeness (QED) is 0.135. The van der Waals surface area contributed by atoms with Gasteiger partial charge in [0, 0.05) is 124 Å². The fourth-order valence-electron chi connectivity index (χ4n) is 16.8. The largest absolute Gasteiger partial charge is 0.316 e. The third-order valence-corrected chi connectivity index (χ3v) is 22.1. The second-order valence-corrected chi connectivity index (χ2v) is 28.6. The van der Waals surface area contributed by atoms with Crippen LogP contribution in [0.2, 0.25) is 0 Å². The minimum absolute atomic E-state index is 0.0397. The lowest BCUT2D eigenvalue weighted by atomic mass is 9.81. The molecule has 1 aliphatic carbocycles. The van der Waals surface area contributed by atoms with Gasteiger partial charge in [-0.15, -0.1) is 0 Å². The van der Waals surface area contributed by atoms with E-state index in [0.717, 1.165) is 94.8 Å². The monoisotopic (exact) mass is 1390 g/mol. The zero-order valence-corrected chi connectivity index (χ0v) is 59.6. The van der Waals surface area contributed by atoms with E-state index in [1.54, 1.807) is 12.4 Å². The predicted molar refractivity (Wildman–Crippen MR) is 447 cm³/mol. The molecule has 0 unspecified atom stereocenters. The molecule has 0 radical (unpaired) electrons. The van der Waals surface area contributed by atoms with E-state index in [-0.39, 0.29) is 5.41 Å². The number of hydrogen-bond donors (Lipinski definition) is 0. The SMILES string of the molecule is CC1(C)c2ccccc2-c2ccc(-c3ccc(-c4nc(-c5ccc(-n6c7ccccc7c7c8c(ccc76)ccn8-c6ccccc6)cc5)nc5ccccc45)cc3)cc21.c1ccc(-n2ccc3ccc4c(c5ccccc5n4-c4ccc(-c5nc(-c6ccc(-c7ncccn7)cc6)c6ccccc6n5)cc4)c32)cc1. The summed E-state index contributed by atoms with van der Waals surface area (Å²) in [6, 6.07) is 120. The number of nitrogens with zero attached hydrogens (tertiary/aromatic N) is 10. The molecule has 0 fully saturated rings. The van der Waals surface area contributed by atoms with Crippen molar-refractivity contribution in [1.82, 2.24) is 48.2 Å². The van der Waals surface area contributed by atoms with E-state index in [1.165, 1.54) is 87.8 Å². The molecule has 512 valence electrons. The molecule has 7 heterocycles. The maximum atomic E-state index is 5.27. The molecule has 0 N–H and O–H groups in total. The average Bonchev–Trinajstić information content (AvgIpc) is 1.62. The van der Waals surface area contributed by atoms with Crippen molar-refractivity contribution in [2.45, 2.75) is 19.3 Å². The van der Waals surface area contributed by atoms with Crippen LogP contribution in [-0.4, -0.2) is 48.2 Å². The molecule has 14 aromatic carbocycles. The highest BCUT2D eigenvalue weighted by atomic mass is 15.0. The summed E-state index contributed by atoms with van der Waals surface area (Å²) in [5, 5.41) is 9.41. The zero-order chi connectivity index (χ0) is 72.3. The standard InChI is InChI=1S/C55H38N4.C44H28N6/c1-55(2)46-17-9-6-14-42(46)43-30-26-39(34-47(43)55)35-20-22-36(23-21-35)52-44-15-7-10-18-48(44)56-54(57-52)38-24-28-41(29-25-38)59-49-19-11-8-16-45(49)51-50(59)31-27-37-32-33-58(53(37)51)40-12-4-3-5-13-40;1-2-9-33(10-3-1)49-28-25-30-21-24-39-40(42(30)49)36-12-5-7-14-38(36)50(39)34-22-19-32(20-23-34)44-47-37-13-6-4-11-35(37)41(48-44)29-15-17-31(18-16-29)43-45-26-8-27-46-43/h3-34H,1-2H3;1-28H. The number of hydrogen-bond acceptors (Lipinski definition) is 6. The van der Waals surface area contributed by atoms with Crippen LogP contribution in [0.1, 0.15) is 25.0 Å². The number of rotatable bonds is 10. The van der Waals surface area contributed by atoms with Crippen LogP contribution < -0.4 is 0 Å². The lowest BCUT2D eigenvalue weighted by Crippen LogP contribution is -2.14. The first-order valence-corrected chi connectivity index (χ1v) is 37.0. The van der Waals surface area contributed by atoms with Gasteiger partial charge in [-0.2, -0.15) is 0 Å². The van der Waals surface area contributed by atoms with Crippen molar-refractivity contribution >= 4 is 87.2 Å². The summed E-state index contributed by atoms with van der Waals surface area (Å²) < 4.78 is 9.36. The van der Waals surface area contributed by atoms with E-state index in [1.807, 2.05) is 30.3 Å². The van der Waals surface area contributed by atoms with Crippen LogP contribution in [-0.2, 0) is 5.41 Å². The molecule has 0 spiro atoms. The summed E-state index contributed by atoms with van der Waals surface area (Å²) in [5.41, 5.74) is 28.0. The molecule has 1 aliphatic rings. The van der Waals surface area contributed by atoms with Crippen LogP contribution >= 0.6 is 0 Å². The fourth-order valence-corrected chi connectivity index (χ4v) is 16.8. The molecule has 0 amide bonds. The highest BCUT2D eigenvalue weighted by Gasteiger charge is 2.35. The van der Waals surface area contributed by atoms with Crippen molar-refractivity contribution in [1.29, 1.82) is 0 Å². The minimum Gasteiger partial charge on any atom is -0.316 e. The maximum absolute atomic E-state index is 5.27. The topological polar surface area (TPSA) is 97.1 Å². The molecule has 10 heteroatoms. The van der Waals surface area contributed by atoms with Crippen LogP contribution in [0.3, 0.4) is 0 Å². The Morgan fingerprint density at radius 1 is 0.266 bits per heavy atom. The van der Waals surface area contributed by atoms with E-state index < -0.39 is 0 Å². The van der Waals surface area contributed by atoms with Crippen molar-refractivity contribution in [3.05, 3.63) is 376 Å². The van der Waals surface area contributed by atoms with Crippen molar-refractivity contribution in [3.63, 3.8) is 0 Å². The Kier molecular flexibility index (Phi) is 14.7. The van der Waals surface area contributed by atoms with Crippen LogP contribution in [0.5, 0.6) is 0 Å². The minimum atomic E-state index is -0.0397. The third kappa shape index (κ3) is 10.5. The predicted octanol–water partition coefficient (Wildman–Crippen LogP) is 24.4. The molecule has 0 bridgehead atoms. The summed E-state index contributed by atoms with van der Waals surface area (Å²) in [6.45, 7) is 4.67. The van der Waals surface area contributed by atoms with Gasteiger partial charge in [-0.25, -0.2) is 29.9 Å². The summed E-state index contributed by atoms with van der Waals surface area (Å²) in [4.78, 5) is 29.3. The molecule has 109 heavy (non-hydrogen) atoms. The number of benzene rings is 14. The molecular formula is C99H66N10. The van der Waals surface area contributed by atoms with Crippen molar-refractivity contribution in [2.75, 3.05) is 0 Å². The molecule has 0 aliphatic heterocycles. The van der Waals surface area contributed by atoms with Crippen LogP contribution in [0.25, 0.3) is 189 Å². The first kappa shape index (κ1) is 63.0. The third-order valence-electron chi connectivity index (χ3n) is 22.1. The first-order valence-electron chi connectivity index (χ1n) is 37.0. The van der Waals surface area contributed by atoms with E-state index in [9.17, 15) is 0 Å². The van der Waals surface area contributed by atoms with Gasteiger partial charge in [0.1, 0.15) is 0 Å². The maximum Gasteiger partial charge on any atom is 0.160 e. The molecule has 7 aromatic heterocycles. The average molecular weight is 1400 g/mol. The normalized spacial score (nSPS) is 12.4. The molecule has 0 atom stereocenters. The van der Waals surface area contributed by atoms with Gasteiger partial charge in [0.25, 0.3) is 0 Å². The van der Waals surface area contributed by atoms with Gasteiger partial charge in [-0.1, -0.05) is 220 Å². The molecule has 22 rings (SSSR count). The second-order valence-electron chi connectivity index (χ2n) is 28.6. The Bertz CT molecular complexity index is 7140. The summed E-state index contributed by atoms with van der Waals surface area (Å²) >= 11 is 0. The first-order chi connectivity index (χ1) is 53.8. The summed E-state index contributed by atoms with van der Waals surface area (Å²) in [5.74, 6) is 2.09. The van der Waals surface area contributed by atoms with E-state index in [2.05, 4.69) is 364 Å². The van der Waals surface area contributed by atoms with Crippen molar-refractivity contribution in [2.24, 2.45) is 0 Å². The lowest BCUT2D eigenvalue weighted by Gasteiger charge is -2.22. The molecule has 0 saturated heterocycles. The Hall–Kier alpha value is -14.5. The summed E-state index contributed by atoms with van der Waals surface area (Å²) in [7, 11) is 0. The fraction of sp³-hybridized carbons (Fsp3) is 0.0303. The van der Waals surface area contributed by atoms with Crippen molar-refractivity contribution in [3.8, 4) is 102 Å². The van der Waals surface area contributed by atoms with E-state index in [0.29, 0.717) is 17.5 Å². The van der Waals surface area contributed by atoms with Crippen LogP contribution in [0.15, 0.2) is 365 Å². The molecular weight excluding hydrogens is 1330 g/mol. The van der Waals surface area contributed by atoms with Gasteiger partial charge >= 0.3 is 0 Å². The molecule has 10 nitrogen and oxygen atoms in total. The van der Waals surface area contributed by atoms with Gasteiger partial charge < -0.3 is 18.3 Å². The zero-order valence-electron chi connectivity index (χ0n) is 59.6. The number of fused-ring (bicyclic) bond motifs is 15. The number of aromatic nitrogens is 10. The van der Waals surface area contributed by atoms with Crippen LogP contribution in [0.4, 0.5) is 0 Å². The highest BCUT2D eigenvalue weighted by molar-refractivity contribution is 6.22. The second kappa shape index (κ2) is 25.4. The number of para-hydroxylation sites is 6. The van der Waals surface area contributed by atoms with E-state index >= 15 is 0 Å². The van der Waals surface area contributed by atoms with Gasteiger partial charge in [-0.05, 0) is 167 Å².